The Morgan fingerprint density at radius 2 is 2.00 bits per heavy atom. The summed E-state index contributed by atoms with van der Waals surface area (Å²) in [6.07, 6.45) is 10.1. The zero-order chi connectivity index (χ0) is 21.9. The van der Waals surface area contributed by atoms with Crippen LogP contribution in [0.25, 0.3) is 16.2 Å². The summed E-state index contributed by atoms with van der Waals surface area (Å²) < 4.78 is 7.70. The van der Waals surface area contributed by atoms with Crippen molar-refractivity contribution in [3.8, 4) is 11.3 Å². The zero-order valence-electron chi connectivity index (χ0n) is 17.9. The van der Waals surface area contributed by atoms with Gasteiger partial charge in [0.2, 0.25) is 5.91 Å². The maximum Gasteiger partial charge on any atom is 0.226 e. The van der Waals surface area contributed by atoms with E-state index in [1.807, 2.05) is 41.3 Å². The molecular formula is C25H26ClN3O2S. The third kappa shape index (κ3) is 4.62. The van der Waals surface area contributed by atoms with Crippen LogP contribution in [0.5, 0.6) is 0 Å². The second kappa shape index (κ2) is 9.51. The Hall–Kier alpha value is -2.57. The standard InChI is InChI=1S/C25H26ClN3O2S/c26-20-10-8-18(9-11-20)23-16-29-21(17-32-25(29)27-23)12-13-28(15-22-7-4-14-31-22)24(30)19-5-2-1-3-6-19/h4,7-11,14,16-17,19H,1-3,5-6,12-13,15H2. The molecule has 4 aromatic rings. The summed E-state index contributed by atoms with van der Waals surface area (Å²) in [6.45, 7) is 1.19. The number of nitrogens with zero attached hydrogens (tertiary/aromatic N) is 3. The number of hydrogen-bond donors (Lipinski definition) is 0. The van der Waals surface area contributed by atoms with Crippen LogP contribution < -0.4 is 0 Å². The first-order valence-corrected chi connectivity index (χ1v) is 12.5. The molecule has 0 bridgehead atoms. The van der Waals surface area contributed by atoms with Crippen LogP contribution in [0.4, 0.5) is 0 Å². The van der Waals surface area contributed by atoms with Crippen LogP contribution >= 0.6 is 22.9 Å². The highest BCUT2D eigenvalue weighted by atomic mass is 35.5. The van der Waals surface area contributed by atoms with Crippen LogP contribution in [-0.4, -0.2) is 26.7 Å². The fraction of sp³-hybridized carbons (Fsp3) is 0.360. The van der Waals surface area contributed by atoms with E-state index in [9.17, 15) is 4.79 Å². The van der Waals surface area contributed by atoms with Crippen molar-refractivity contribution < 1.29 is 9.21 Å². The Morgan fingerprint density at radius 1 is 1.19 bits per heavy atom. The summed E-state index contributed by atoms with van der Waals surface area (Å²) in [5, 5.41) is 2.86. The number of carbonyl (C=O) groups is 1. The van der Waals surface area contributed by atoms with Crippen LogP contribution in [0, 0.1) is 5.92 Å². The van der Waals surface area contributed by atoms with Gasteiger partial charge < -0.3 is 9.32 Å². The van der Waals surface area contributed by atoms with Crippen LogP contribution in [0.15, 0.2) is 58.7 Å². The lowest BCUT2D eigenvalue weighted by Crippen LogP contribution is -2.38. The third-order valence-corrected chi connectivity index (χ3v) is 7.39. The van der Waals surface area contributed by atoms with Crippen molar-refractivity contribution in [1.29, 1.82) is 0 Å². The molecule has 0 aliphatic heterocycles. The second-order valence-electron chi connectivity index (χ2n) is 8.44. The quantitative estimate of drug-likeness (QED) is 0.313. The number of hydrogen-bond acceptors (Lipinski definition) is 4. The van der Waals surface area contributed by atoms with Crippen molar-refractivity contribution in [1.82, 2.24) is 14.3 Å². The van der Waals surface area contributed by atoms with Crippen molar-refractivity contribution in [3.63, 3.8) is 0 Å². The first-order chi connectivity index (χ1) is 15.7. The molecule has 1 amide bonds. The van der Waals surface area contributed by atoms with Gasteiger partial charge in [0.15, 0.2) is 4.96 Å². The molecule has 5 nitrogen and oxygen atoms in total. The Kier molecular flexibility index (Phi) is 6.32. The lowest BCUT2D eigenvalue weighted by atomic mass is 9.88. The molecule has 3 heterocycles. The molecule has 1 aromatic carbocycles. The first-order valence-electron chi connectivity index (χ1n) is 11.2. The van der Waals surface area contributed by atoms with E-state index in [-0.39, 0.29) is 11.8 Å². The van der Waals surface area contributed by atoms with Crippen molar-refractivity contribution in [2.75, 3.05) is 6.54 Å². The lowest BCUT2D eigenvalue weighted by Gasteiger charge is -2.29. The van der Waals surface area contributed by atoms with Crippen LogP contribution in [0.1, 0.15) is 43.6 Å². The molecule has 0 spiro atoms. The summed E-state index contributed by atoms with van der Waals surface area (Å²) in [5.74, 6) is 1.24. The summed E-state index contributed by atoms with van der Waals surface area (Å²) in [4.78, 5) is 21.0. The molecule has 1 saturated carbocycles. The molecule has 1 fully saturated rings. The maximum atomic E-state index is 13.3. The average molecular weight is 468 g/mol. The van der Waals surface area contributed by atoms with Gasteiger partial charge >= 0.3 is 0 Å². The van der Waals surface area contributed by atoms with Gasteiger partial charge in [-0.25, -0.2) is 4.98 Å². The van der Waals surface area contributed by atoms with E-state index in [0.29, 0.717) is 13.1 Å². The molecular weight excluding hydrogens is 442 g/mol. The Morgan fingerprint density at radius 3 is 2.75 bits per heavy atom. The monoisotopic (exact) mass is 467 g/mol. The van der Waals surface area contributed by atoms with E-state index in [1.54, 1.807) is 17.6 Å². The molecule has 0 saturated heterocycles. The number of benzene rings is 1. The van der Waals surface area contributed by atoms with Crippen molar-refractivity contribution in [2.45, 2.75) is 45.1 Å². The van der Waals surface area contributed by atoms with E-state index in [2.05, 4.69) is 16.0 Å². The van der Waals surface area contributed by atoms with E-state index in [4.69, 9.17) is 21.0 Å². The zero-order valence-corrected chi connectivity index (χ0v) is 19.4. The number of imidazole rings is 1. The number of fused-ring (bicyclic) bond motifs is 1. The van der Waals surface area contributed by atoms with E-state index in [0.717, 1.165) is 59.1 Å². The molecule has 0 atom stereocenters. The largest absolute Gasteiger partial charge is 0.467 e. The van der Waals surface area contributed by atoms with Crippen molar-refractivity contribution >= 4 is 33.8 Å². The van der Waals surface area contributed by atoms with E-state index < -0.39 is 0 Å². The Balaban J connectivity index is 1.33. The number of thiazole rings is 1. The molecule has 7 heteroatoms. The number of halogens is 1. The molecule has 32 heavy (non-hydrogen) atoms. The number of amides is 1. The van der Waals surface area contributed by atoms with Gasteiger partial charge in [-0.3, -0.25) is 9.20 Å². The van der Waals surface area contributed by atoms with Crippen molar-refractivity contribution in [3.05, 3.63) is 70.7 Å². The van der Waals surface area contributed by atoms with Gasteiger partial charge in [-0.05, 0) is 37.1 Å². The van der Waals surface area contributed by atoms with Gasteiger partial charge in [-0.2, -0.15) is 0 Å². The third-order valence-electron chi connectivity index (χ3n) is 6.25. The highest BCUT2D eigenvalue weighted by Crippen LogP contribution is 2.28. The molecule has 3 aromatic heterocycles. The minimum absolute atomic E-state index is 0.144. The second-order valence-corrected chi connectivity index (χ2v) is 9.71. The molecule has 0 unspecified atom stereocenters. The van der Waals surface area contributed by atoms with Crippen LogP contribution in [-0.2, 0) is 17.8 Å². The molecule has 0 N–H and O–H groups in total. The predicted molar refractivity (Wildman–Crippen MR) is 128 cm³/mol. The van der Waals surface area contributed by atoms with Crippen molar-refractivity contribution in [2.24, 2.45) is 5.92 Å². The summed E-state index contributed by atoms with van der Waals surface area (Å²) in [7, 11) is 0. The Labute approximate surface area is 196 Å². The molecule has 1 aliphatic rings. The predicted octanol–water partition coefficient (Wildman–Crippen LogP) is 6.46. The summed E-state index contributed by atoms with van der Waals surface area (Å²) >= 11 is 7.65. The van der Waals surface area contributed by atoms with Gasteiger partial charge in [0, 0.05) is 46.7 Å². The molecule has 1 aliphatic carbocycles. The summed E-state index contributed by atoms with van der Waals surface area (Å²) in [5.41, 5.74) is 3.14. The van der Waals surface area contributed by atoms with E-state index in [1.165, 1.54) is 12.1 Å². The number of aromatic nitrogens is 2. The topological polar surface area (TPSA) is 50.8 Å². The van der Waals surface area contributed by atoms with Gasteiger partial charge in [-0.15, -0.1) is 11.3 Å². The van der Waals surface area contributed by atoms with Crippen LogP contribution in [0.3, 0.4) is 0 Å². The van der Waals surface area contributed by atoms with Crippen LogP contribution in [0.2, 0.25) is 5.02 Å². The van der Waals surface area contributed by atoms with Gasteiger partial charge in [0.1, 0.15) is 5.76 Å². The lowest BCUT2D eigenvalue weighted by molar-refractivity contribution is -0.137. The fourth-order valence-electron chi connectivity index (χ4n) is 4.48. The normalized spacial score (nSPS) is 14.8. The minimum Gasteiger partial charge on any atom is -0.467 e. The van der Waals surface area contributed by atoms with Gasteiger partial charge in [0.25, 0.3) is 0 Å². The molecule has 5 rings (SSSR count). The van der Waals surface area contributed by atoms with Gasteiger partial charge in [-0.1, -0.05) is 43.0 Å². The SMILES string of the molecule is O=C(C1CCCCC1)N(CCc1csc2nc(-c3ccc(Cl)cc3)cn12)Cc1ccco1. The minimum atomic E-state index is 0.144. The fourth-order valence-corrected chi connectivity index (χ4v) is 5.52. The maximum absolute atomic E-state index is 13.3. The first kappa shape index (κ1) is 21.3. The number of furan rings is 1. The average Bonchev–Trinajstić information content (AvgIpc) is 3.56. The Bertz CT molecular complexity index is 1170. The highest BCUT2D eigenvalue weighted by Gasteiger charge is 2.26. The molecule has 166 valence electrons. The number of rotatable bonds is 7. The van der Waals surface area contributed by atoms with E-state index >= 15 is 0 Å². The smallest absolute Gasteiger partial charge is 0.226 e. The van der Waals surface area contributed by atoms with Gasteiger partial charge in [0.05, 0.1) is 18.5 Å². The molecule has 0 radical (unpaired) electrons. The summed E-state index contributed by atoms with van der Waals surface area (Å²) in [6, 6.07) is 11.6. The number of carbonyl (C=O) groups excluding carboxylic acids is 1. The highest BCUT2D eigenvalue weighted by molar-refractivity contribution is 7.15.